The Bertz CT molecular complexity index is 505. The fourth-order valence-electron chi connectivity index (χ4n) is 1.53. The van der Waals surface area contributed by atoms with Crippen LogP contribution in [0.4, 0.5) is 10.6 Å². The van der Waals surface area contributed by atoms with Crippen LogP contribution in [0.2, 0.25) is 0 Å². The molecule has 0 radical (unpaired) electrons. The Hall–Kier alpha value is -2.10. The van der Waals surface area contributed by atoms with Gasteiger partial charge in [0, 0.05) is 18.1 Å². The molecule has 1 heterocycles. The monoisotopic (exact) mass is 215 g/mol. The second-order valence-electron chi connectivity index (χ2n) is 3.37. The zero-order chi connectivity index (χ0) is 11.4. The van der Waals surface area contributed by atoms with E-state index in [9.17, 15) is 4.79 Å². The van der Waals surface area contributed by atoms with Gasteiger partial charge in [-0.1, -0.05) is 24.3 Å². The van der Waals surface area contributed by atoms with Gasteiger partial charge in [0.2, 0.25) is 0 Å². The summed E-state index contributed by atoms with van der Waals surface area (Å²) in [6.45, 7) is 2.46. The smallest absolute Gasteiger partial charge is 0.320 e. The Morgan fingerprint density at radius 2 is 2.12 bits per heavy atom. The highest BCUT2D eigenvalue weighted by Gasteiger charge is 2.04. The highest BCUT2D eigenvalue weighted by molar-refractivity contribution is 5.99. The molecule has 4 nitrogen and oxygen atoms in total. The molecule has 82 valence electrons. The van der Waals surface area contributed by atoms with Crippen molar-refractivity contribution in [2.75, 3.05) is 11.9 Å². The molecule has 0 aliphatic rings. The van der Waals surface area contributed by atoms with Gasteiger partial charge in [-0.15, -0.1) is 0 Å². The van der Waals surface area contributed by atoms with Crippen LogP contribution in [0.1, 0.15) is 6.92 Å². The van der Waals surface area contributed by atoms with E-state index in [1.54, 1.807) is 6.20 Å². The van der Waals surface area contributed by atoms with Gasteiger partial charge in [0.15, 0.2) is 0 Å². The Balaban J connectivity index is 2.33. The molecule has 2 rings (SSSR count). The van der Waals surface area contributed by atoms with E-state index in [0.717, 1.165) is 10.8 Å². The number of hydrogen-bond acceptors (Lipinski definition) is 2. The molecule has 2 N–H and O–H groups in total. The van der Waals surface area contributed by atoms with Crippen molar-refractivity contribution < 1.29 is 4.79 Å². The molecule has 0 aliphatic carbocycles. The Kier molecular flexibility index (Phi) is 3.00. The summed E-state index contributed by atoms with van der Waals surface area (Å²) in [6, 6.07) is 9.49. The predicted octanol–water partition coefficient (Wildman–Crippen LogP) is 2.38. The standard InChI is InChI=1S/C12H13N3O/c1-2-13-12(16)15-11-10-6-4-3-5-9(10)7-8-14-11/h3-8H,2H2,1H3,(H2,13,14,15,16). The second-order valence-corrected chi connectivity index (χ2v) is 3.37. The molecular formula is C12H13N3O. The van der Waals surface area contributed by atoms with Crippen LogP contribution in [0.5, 0.6) is 0 Å². The van der Waals surface area contributed by atoms with E-state index < -0.39 is 0 Å². The fraction of sp³-hybridized carbons (Fsp3) is 0.167. The third-order valence-corrected chi connectivity index (χ3v) is 2.24. The molecule has 4 heteroatoms. The van der Waals surface area contributed by atoms with Gasteiger partial charge in [-0.25, -0.2) is 9.78 Å². The molecule has 2 aromatic rings. The minimum absolute atomic E-state index is 0.230. The first-order valence-electron chi connectivity index (χ1n) is 5.20. The fourth-order valence-corrected chi connectivity index (χ4v) is 1.53. The zero-order valence-corrected chi connectivity index (χ0v) is 9.03. The lowest BCUT2D eigenvalue weighted by atomic mass is 10.1. The molecule has 1 aromatic carbocycles. The molecule has 0 unspecified atom stereocenters. The van der Waals surface area contributed by atoms with E-state index in [1.807, 2.05) is 37.3 Å². The van der Waals surface area contributed by atoms with Crippen LogP contribution in [0.15, 0.2) is 36.5 Å². The summed E-state index contributed by atoms with van der Waals surface area (Å²) in [5.74, 6) is 0.587. The summed E-state index contributed by atoms with van der Waals surface area (Å²) in [6.07, 6.45) is 1.68. The van der Waals surface area contributed by atoms with Crippen LogP contribution in [0, 0.1) is 0 Å². The maximum absolute atomic E-state index is 11.4. The van der Waals surface area contributed by atoms with Gasteiger partial charge in [0.1, 0.15) is 5.82 Å². The predicted molar refractivity (Wildman–Crippen MR) is 64.4 cm³/mol. The van der Waals surface area contributed by atoms with E-state index in [-0.39, 0.29) is 6.03 Å². The normalized spacial score (nSPS) is 10.1. The number of hydrogen-bond donors (Lipinski definition) is 2. The molecule has 16 heavy (non-hydrogen) atoms. The van der Waals surface area contributed by atoms with Crippen molar-refractivity contribution in [1.29, 1.82) is 0 Å². The maximum atomic E-state index is 11.4. The van der Waals surface area contributed by atoms with Crippen LogP contribution < -0.4 is 10.6 Å². The average molecular weight is 215 g/mol. The topological polar surface area (TPSA) is 54.0 Å². The first-order chi connectivity index (χ1) is 7.81. The van der Waals surface area contributed by atoms with Crippen molar-refractivity contribution >= 4 is 22.6 Å². The van der Waals surface area contributed by atoms with Crippen LogP contribution >= 0.6 is 0 Å². The number of benzene rings is 1. The summed E-state index contributed by atoms with van der Waals surface area (Å²) in [7, 11) is 0. The SMILES string of the molecule is CCNC(=O)Nc1nccc2ccccc12. The highest BCUT2D eigenvalue weighted by Crippen LogP contribution is 2.19. The number of fused-ring (bicyclic) bond motifs is 1. The average Bonchev–Trinajstić information content (AvgIpc) is 2.30. The number of rotatable bonds is 2. The molecule has 2 amide bonds. The van der Waals surface area contributed by atoms with E-state index >= 15 is 0 Å². The number of amides is 2. The highest BCUT2D eigenvalue weighted by atomic mass is 16.2. The summed E-state index contributed by atoms with van der Waals surface area (Å²) in [5.41, 5.74) is 0. The summed E-state index contributed by atoms with van der Waals surface area (Å²) in [5, 5.41) is 7.39. The molecule has 0 fully saturated rings. The number of carbonyl (C=O) groups excluding carboxylic acids is 1. The molecule has 0 aliphatic heterocycles. The summed E-state index contributed by atoms with van der Waals surface area (Å²) < 4.78 is 0. The second kappa shape index (κ2) is 4.61. The zero-order valence-electron chi connectivity index (χ0n) is 9.03. The number of anilines is 1. The number of urea groups is 1. The van der Waals surface area contributed by atoms with Gasteiger partial charge in [-0.3, -0.25) is 5.32 Å². The van der Waals surface area contributed by atoms with E-state index in [4.69, 9.17) is 0 Å². The van der Waals surface area contributed by atoms with Gasteiger partial charge in [0.25, 0.3) is 0 Å². The first kappa shape index (κ1) is 10.4. The van der Waals surface area contributed by atoms with Crippen molar-refractivity contribution in [2.45, 2.75) is 6.92 Å². The Labute approximate surface area is 93.7 Å². The minimum Gasteiger partial charge on any atom is -0.338 e. The first-order valence-corrected chi connectivity index (χ1v) is 5.20. The lowest BCUT2D eigenvalue weighted by molar-refractivity contribution is 0.252. The van der Waals surface area contributed by atoms with Crippen LogP contribution in [0.3, 0.4) is 0 Å². The van der Waals surface area contributed by atoms with Gasteiger partial charge in [-0.2, -0.15) is 0 Å². The summed E-state index contributed by atoms with van der Waals surface area (Å²) >= 11 is 0. The molecule has 0 atom stereocenters. The van der Waals surface area contributed by atoms with Crippen molar-refractivity contribution in [3.05, 3.63) is 36.5 Å². The van der Waals surface area contributed by atoms with Crippen molar-refractivity contribution in [2.24, 2.45) is 0 Å². The number of nitrogens with zero attached hydrogens (tertiary/aromatic N) is 1. The minimum atomic E-state index is -0.230. The number of aromatic nitrogens is 1. The van der Waals surface area contributed by atoms with Gasteiger partial charge in [0.05, 0.1) is 0 Å². The molecule has 0 bridgehead atoms. The molecule has 1 aromatic heterocycles. The third-order valence-electron chi connectivity index (χ3n) is 2.24. The van der Waals surface area contributed by atoms with Crippen LogP contribution in [-0.4, -0.2) is 17.6 Å². The number of carbonyl (C=O) groups is 1. The maximum Gasteiger partial charge on any atom is 0.320 e. The molecule has 0 saturated heterocycles. The third kappa shape index (κ3) is 2.11. The van der Waals surface area contributed by atoms with Crippen molar-refractivity contribution in [1.82, 2.24) is 10.3 Å². The van der Waals surface area contributed by atoms with Crippen LogP contribution in [-0.2, 0) is 0 Å². The lowest BCUT2D eigenvalue weighted by Gasteiger charge is -2.07. The van der Waals surface area contributed by atoms with E-state index in [0.29, 0.717) is 12.4 Å². The summed E-state index contributed by atoms with van der Waals surface area (Å²) in [4.78, 5) is 15.6. The molecule has 0 saturated carbocycles. The Morgan fingerprint density at radius 3 is 2.94 bits per heavy atom. The number of nitrogens with one attached hydrogen (secondary N) is 2. The van der Waals surface area contributed by atoms with Gasteiger partial charge >= 0.3 is 6.03 Å². The molecular weight excluding hydrogens is 202 g/mol. The number of pyridine rings is 1. The molecule has 0 spiro atoms. The van der Waals surface area contributed by atoms with Crippen molar-refractivity contribution in [3.8, 4) is 0 Å². The quantitative estimate of drug-likeness (QED) is 0.808. The largest absolute Gasteiger partial charge is 0.338 e. The van der Waals surface area contributed by atoms with Gasteiger partial charge < -0.3 is 5.32 Å². The lowest BCUT2D eigenvalue weighted by Crippen LogP contribution is -2.28. The van der Waals surface area contributed by atoms with Crippen LogP contribution in [0.25, 0.3) is 10.8 Å². The van der Waals surface area contributed by atoms with Crippen molar-refractivity contribution in [3.63, 3.8) is 0 Å². The van der Waals surface area contributed by atoms with Gasteiger partial charge in [-0.05, 0) is 18.4 Å². The van der Waals surface area contributed by atoms with E-state index in [1.165, 1.54) is 0 Å². The Morgan fingerprint density at radius 1 is 1.31 bits per heavy atom. The van der Waals surface area contributed by atoms with E-state index in [2.05, 4.69) is 15.6 Å².